The summed E-state index contributed by atoms with van der Waals surface area (Å²) in [6.45, 7) is -1.10. The molecule has 0 radical (unpaired) electrons. The topological polar surface area (TPSA) is 97.3 Å². The number of aromatic nitrogens is 2. The van der Waals surface area contributed by atoms with E-state index in [1.54, 1.807) is 39.8 Å². The van der Waals surface area contributed by atoms with E-state index >= 15 is 0 Å². The van der Waals surface area contributed by atoms with Crippen LogP contribution in [0.1, 0.15) is 30.0 Å². The van der Waals surface area contributed by atoms with E-state index in [0.29, 0.717) is 42.6 Å². The molecule has 182 valence electrons. The molecule has 1 saturated heterocycles. The van der Waals surface area contributed by atoms with Crippen molar-refractivity contribution in [3.05, 3.63) is 74.4 Å². The normalized spacial score (nSPS) is 14.3. The van der Waals surface area contributed by atoms with Gasteiger partial charge in [-0.25, -0.2) is 13.6 Å². The van der Waals surface area contributed by atoms with Crippen LogP contribution in [0, 0.1) is 11.3 Å². The molecule has 1 fully saturated rings. The standard InChI is InChI=1S/C25H24F2N4O4/c26-12-21(13-27)35-20-5-6-23-22(11-20)24(33)30(15-18-3-1-17(14-28)2-4-18)25(34)31(23)19-7-9-29(16-32)10-8-19/h1-6,11,16,19,21H,7-10,12-13,15H2. The maximum atomic E-state index is 13.6. The lowest BCUT2D eigenvalue weighted by molar-refractivity contribution is -0.119. The van der Waals surface area contributed by atoms with Crippen LogP contribution in [-0.2, 0) is 11.3 Å². The van der Waals surface area contributed by atoms with E-state index in [2.05, 4.69) is 0 Å². The number of amides is 1. The molecule has 0 N–H and O–H groups in total. The molecule has 0 bridgehead atoms. The van der Waals surface area contributed by atoms with Gasteiger partial charge in [-0.3, -0.25) is 18.7 Å². The Kier molecular flexibility index (Phi) is 7.25. The van der Waals surface area contributed by atoms with Crippen LogP contribution >= 0.6 is 0 Å². The predicted octanol–water partition coefficient (Wildman–Crippen LogP) is 2.56. The summed E-state index contributed by atoms with van der Waals surface area (Å²) < 4.78 is 34.0. The fourth-order valence-corrected chi connectivity index (χ4v) is 4.34. The highest BCUT2D eigenvalue weighted by Gasteiger charge is 2.25. The van der Waals surface area contributed by atoms with Crippen molar-refractivity contribution >= 4 is 17.3 Å². The summed E-state index contributed by atoms with van der Waals surface area (Å²) >= 11 is 0. The Balaban J connectivity index is 1.84. The number of hydrogen-bond acceptors (Lipinski definition) is 5. The fraction of sp³-hybridized carbons (Fsp3) is 0.360. The molecule has 1 aliphatic heterocycles. The van der Waals surface area contributed by atoms with Crippen LogP contribution in [0.25, 0.3) is 10.9 Å². The number of piperidine rings is 1. The molecule has 1 aliphatic rings. The summed E-state index contributed by atoms with van der Waals surface area (Å²) in [5.41, 5.74) is 0.460. The molecule has 8 nitrogen and oxygen atoms in total. The number of alkyl halides is 2. The zero-order valence-corrected chi connectivity index (χ0v) is 18.9. The number of rotatable bonds is 8. The predicted molar refractivity (Wildman–Crippen MR) is 125 cm³/mol. The van der Waals surface area contributed by atoms with Crippen molar-refractivity contribution in [1.82, 2.24) is 14.0 Å². The second-order valence-corrected chi connectivity index (χ2v) is 8.45. The first-order chi connectivity index (χ1) is 17.0. The second kappa shape index (κ2) is 10.5. The van der Waals surface area contributed by atoms with Crippen molar-refractivity contribution in [3.63, 3.8) is 0 Å². The zero-order valence-electron chi connectivity index (χ0n) is 18.9. The van der Waals surface area contributed by atoms with Gasteiger partial charge < -0.3 is 9.64 Å². The van der Waals surface area contributed by atoms with E-state index in [-0.39, 0.29) is 23.7 Å². The lowest BCUT2D eigenvalue weighted by Crippen LogP contribution is -2.44. The Morgan fingerprint density at radius 2 is 1.77 bits per heavy atom. The Bertz CT molecular complexity index is 1370. The number of benzene rings is 2. The highest BCUT2D eigenvalue weighted by molar-refractivity contribution is 5.80. The minimum Gasteiger partial charge on any atom is -0.485 e. The molecule has 1 aromatic heterocycles. The van der Waals surface area contributed by atoms with Crippen LogP contribution in [0.5, 0.6) is 5.75 Å². The number of halogens is 2. The average Bonchev–Trinajstić information content (AvgIpc) is 2.90. The molecular formula is C25H24F2N4O4. The average molecular weight is 482 g/mol. The number of likely N-dealkylation sites (tertiary alicyclic amines) is 1. The Morgan fingerprint density at radius 3 is 2.37 bits per heavy atom. The SMILES string of the molecule is N#Cc1ccc(Cn2c(=O)c3cc(OC(CF)CF)ccc3n(C3CCN(C=O)CC3)c2=O)cc1. The molecule has 0 atom stereocenters. The van der Waals surface area contributed by atoms with Crippen LogP contribution in [0.3, 0.4) is 0 Å². The van der Waals surface area contributed by atoms with Gasteiger partial charge in [0.05, 0.1) is 29.1 Å². The molecule has 2 aromatic carbocycles. The maximum absolute atomic E-state index is 13.6. The number of nitrogens with zero attached hydrogens (tertiary/aromatic N) is 4. The van der Waals surface area contributed by atoms with Gasteiger partial charge in [0.25, 0.3) is 5.56 Å². The number of carbonyl (C=O) groups is 1. The van der Waals surface area contributed by atoms with Gasteiger partial charge in [0.15, 0.2) is 6.10 Å². The van der Waals surface area contributed by atoms with Gasteiger partial charge in [0.2, 0.25) is 6.41 Å². The van der Waals surface area contributed by atoms with Crippen molar-refractivity contribution in [1.29, 1.82) is 5.26 Å². The third-order valence-electron chi connectivity index (χ3n) is 6.22. The first kappa shape index (κ1) is 24.1. The number of nitriles is 1. The molecule has 4 rings (SSSR count). The first-order valence-corrected chi connectivity index (χ1v) is 11.2. The minimum atomic E-state index is -1.29. The molecule has 0 aliphatic carbocycles. The Hall–Kier alpha value is -4.00. The van der Waals surface area contributed by atoms with Gasteiger partial charge in [-0.2, -0.15) is 5.26 Å². The van der Waals surface area contributed by atoms with Crippen LogP contribution in [0.15, 0.2) is 52.1 Å². The molecule has 2 heterocycles. The minimum absolute atomic E-state index is 0.0187. The van der Waals surface area contributed by atoms with Crippen molar-refractivity contribution in [2.24, 2.45) is 0 Å². The highest BCUT2D eigenvalue weighted by atomic mass is 19.1. The molecule has 0 unspecified atom stereocenters. The van der Waals surface area contributed by atoms with E-state index in [0.717, 1.165) is 11.0 Å². The van der Waals surface area contributed by atoms with Crippen LogP contribution in [0.4, 0.5) is 8.78 Å². The Morgan fingerprint density at radius 1 is 1.09 bits per heavy atom. The fourth-order valence-electron chi connectivity index (χ4n) is 4.34. The van der Waals surface area contributed by atoms with Gasteiger partial charge in [-0.15, -0.1) is 0 Å². The summed E-state index contributed by atoms with van der Waals surface area (Å²) in [6, 6.07) is 12.8. The third-order valence-corrected chi connectivity index (χ3v) is 6.22. The lowest BCUT2D eigenvalue weighted by atomic mass is 10.0. The van der Waals surface area contributed by atoms with Crippen molar-refractivity contribution < 1.29 is 18.3 Å². The third kappa shape index (κ3) is 4.94. The molecule has 1 amide bonds. The monoisotopic (exact) mass is 482 g/mol. The van der Waals surface area contributed by atoms with Crippen LogP contribution in [0.2, 0.25) is 0 Å². The van der Waals surface area contributed by atoms with E-state index in [1.807, 2.05) is 6.07 Å². The summed E-state index contributed by atoms with van der Waals surface area (Å²) in [5.74, 6) is 0.126. The largest absolute Gasteiger partial charge is 0.485 e. The second-order valence-electron chi connectivity index (χ2n) is 8.45. The lowest BCUT2D eigenvalue weighted by Gasteiger charge is -2.31. The number of fused-ring (bicyclic) bond motifs is 1. The maximum Gasteiger partial charge on any atom is 0.332 e. The smallest absolute Gasteiger partial charge is 0.332 e. The van der Waals surface area contributed by atoms with E-state index in [9.17, 15) is 23.2 Å². The van der Waals surface area contributed by atoms with Crippen molar-refractivity contribution in [2.75, 3.05) is 26.4 Å². The number of carbonyl (C=O) groups excluding carboxylic acids is 1. The number of ether oxygens (including phenoxy) is 1. The quantitative estimate of drug-likeness (QED) is 0.460. The molecule has 0 spiro atoms. The number of hydrogen-bond donors (Lipinski definition) is 0. The van der Waals surface area contributed by atoms with E-state index in [4.69, 9.17) is 10.00 Å². The highest BCUT2D eigenvalue weighted by Crippen LogP contribution is 2.26. The zero-order chi connectivity index (χ0) is 24.9. The summed E-state index contributed by atoms with van der Waals surface area (Å²) in [5, 5.41) is 9.21. The van der Waals surface area contributed by atoms with Gasteiger partial charge in [0, 0.05) is 19.1 Å². The van der Waals surface area contributed by atoms with Gasteiger partial charge in [0.1, 0.15) is 19.1 Å². The first-order valence-electron chi connectivity index (χ1n) is 11.2. The van der Waals surface area contributed by atoms with Gasteiger partial charge in [-0.1, -0.05) is 12.1 Å². The summed E-state index contributed by atoms with van der Waals surface area (Å²) in [7, 11) is 0. The summed E-state index contributed by atoms with van der Waals surface area (Å²) in [4.78, 5) is 39.8. The van der Waals surface area contributed by atoms with Crippen LogP contribution < -0.4 is 16.0 Å². The van der Waals surface area contributed by atoms with E-state index in [1.165, 1.54) is 12.1 Å². The Labute approximate surface area is 199 Å². The van der Waals surface area contributed by atoms with Crippen LogP contribution in [-0.4, -0.2) is 53.0 Å². The van der Waals surface area contributed by atoms with Crippen molar-refractivity contribution in [3.8, 4) is 11.8 Å². The van der Waals surface area contributed by atoms with Gasteiger partial charge >= 0.3 is 5.69 Å². The van der Waals surface area contributed by atoms with Crippen molar-refractivity contribution in [2.45, 2.75) is 31.5 Å². The molecule has 35 heavy (non-hydrogen) atoms. The summed E-state index contributed by atoms with van der Waals surface area (Å²) in [6.07, 6.45) is 0.560. The molecule has 0 saturated carbocycles. The molecule has 3 aromatic rings. The van der Waals surface area contributed by atoms with E-state index < -0.39 is 30.7 Å². The van der Waals surface area contributed by atoms with Gasteiger partial charge in [-0.05, 0) is 48.7 Å². The molecular weight excluding hydrogens is 458 g/mol. The molecule has 10 heteroatoms.